The van der Waals surface area contributed by atoms with Gasteiger partial charge in [-0.15, -0.1) is 0 Å². The van der Waals surface area contributed by atoms with Crippen LogP contribution in [0.2, 0.25) is 0 Å². The molecule has 0 bridgehead atoms. The van der Waals surface area contributed by atoms with Crippen LogP contribution in [0.25, 0.3) is 27.4 Å². The number of rotatable bonds is 5. The van der Waals surface area contributed by atoms with E-state index in [4.69, 9.17) is 9.73 Å². The summed E-state index contributed by atoms with van der Waals surface area (Å²) in [6.45, 7) is 2.36. The SMILES string of the molecule is CC1CC=CC=C1C1=CCCC(N2C3=CC(c4ccc5c(c4)c4ccccc4n5C4NC(c5ccccc5)=NC5=C4OC4C=CC=CC54)=CCC3C3=C2C=CCC3)=C1. The van der Waals surface area contributed by atoms with Gasteiger partial charge in [0.1, 0.15) is 11.9 Å². The molecule has 58 heavy (non-hydrogen) atoms. The number of amidine groups is 1. The molecule has 1 aromatic heterocycles. The van der Waals surface area contributed by atoms with Crippen LogP contribution in [0.4, 0.5) is 0 Å². The first-order valence-corrected chi connectivity index (χ1v) is 21.3. The summed E-state index contributed by atoms with van der Waals surface area (Å²) in [5.74, 6) is 2.83. The Morgan fingerprint density at radius 2 is 1.66 bits per heavy atom. The number of nitrogens with zero attached hydrogens (tertiary/aromatic N) is 3. The van der Waals surface area contributed by atoms with E-state index in [-0.39, 0.29) is 18.2 Å². The second kappa shape index (κ2) is 13.4. The van der Waals surface area contributed by atoms with Gasteiger partial charge in [0.15, 0.2) is 11.9 Å². The highest BCUT2D eigenvalue weighted by Gasteiger charge is 2.43. The zero-order valence-corrected chi connectivity index (χ0v) is 32.8. The summed E-state index contributed by atoms with van der Waals surface area (Å²) in [6.07, 6.45) is 36.5. The van der Waals surface area contributed by atoms with Crippen LogP contribution in [-0.2, 0) is 4.74 Å². The van der Waals surface area contributed by atoms with Gasteiger partial charge >= 0.3 is 0 Å². The monoisotopic (exact) mass is 754 g/mol. The van der Waals surface area contributed by atoms with Gasteiger partial charge in [-0.25, -0.2) is 4.99 Å². The number of para-hydroxylation sites is 1. The summed E-state index contributed by atoms with van der Waals surface area (Å²) < 4.78 is 9.24. The third-order valence-electron chi connectivity index (χ3n) is 13.5. The number of hydrogen-bond donors (Lipinski definition) is 1. The first-order valence-electron chi connectivity index (χ1n) is 21.3. The Balaban J connectivity index is 0.951. The highest BCUT2D eigenvalue weighted by atomic mass is 16.5. The molecule has 5 nitrogen and oxygen atoms in total. The quantitative estimate of drug-likeness (QED) is 0.221. The zero-order valence-electron chi connectivity index (χ0n) is 32.8. The first-order chi connectivity index (χ1) is 28.7. The number of nitrogens with one attached hydrogen (secondary N) is 1. The van der Waals surface area contributed by atoms with Crippen molar-refractivity contribution in [3.8, 4) is 0 Å². The third kappa shape index (κ3) is 5.25. The highest BCUT2D eigenvalue weighted by Crippen LogP contribution is 2.51. The average molecular weight is 755 g/mol. The number of ether oxygens (including phenoxy) is 1. The third-order valence-corrected chi connectivity index (χ3v) is 13.5. The highest BCUT2D eigenvalue weighted by molar-refractivity contribution is 6.10. The number of aliphatic imine (C=N–C) groups is 1. The molecule has 12 rings (SSSR count). The number of allylic oxidation sites excluding steroid dienone is 16. The summed E-state index contributed by atoms with van der Waals surface area (Å²) in [5, 5.41) is 6.34. The molecule has 3 aromatic carbocycles. The fourth-order valence-electron chi connectivity index (χ4n) is 10.7. The second-order valence-corrected chi connectivity index (χ2v) is 16.8. The Morgan fingerprint density at radius 3 is 2.59 bits per heavy atom. The average Bonchev–Trinajstić information content (AvgIpc) is 3.94. The maximum absolute atomic E-state index is 6.80. The Bertz CT molecular complexity index is 2820. The Labute approximate surface area is 340 Å². The smallest absolute Gasteiger partial charge is 0.166 e. The molecule has 4 heterocycles. The number of fused-ring (bicyclic) bond motifs is 7. The van der Waals surface area contributed by atoms with Gasteiger partial charge in [0.25, 0.3) is 0 Å². The van der Waals surface area contributed by atoms with Crippen molar-refractivity contribution in [3.05, 3.63) is 208 Å². The topological polar surface area (TPSA) is 41.8 Å². The Kier molecular flexibility index (Phi) is 7.79. The molecule has 0 radical (unpaired) electrons. The minimum Gasteiger partial charge on any atom is -0.483 e. The first kappa shape index (κ1) is 33.8. The maximum atomic E-state index is 6.80. The molecule has 284 valence electrons. The lowest BCUT2D eigenvalue weighted by molar-refractivity contribution is 0.139. The molecule has 0 fully saturated rings. The Hall–Kier alpha value is -6.33. The van der Waals surface area contributed by atoms with Crippen molar-refractivity contribution in [2.75, 3.05) is 0 Å². The van der Waals surface area contributed by atoms with Gasteiger partial charge in [-0.05, 0) is 115 Å². The second-order valence-electron chi connectivity index (χ2n) is 16.8. The van der Waals surface area contributed by atoms with Crippen molar-refractivity contribution >= 4 is 33.2 Å². The standard InChI is InChI=1S/C53H46N4O/c1-33-14-5-6-19-39(33)37-17-13-18-38(30-37)56-45-23-10-7-20-40(45)42-28-26-36(32-48(42)56)35-27-29-47-44(31-35)41-21-8-11-24-46(41)57(47)53-51-50(43-22-9-12-25-49(43)58-51)54-52(55-53)34-15-3-2-4-16-34/h2-6,8-12,15-17,19,21-27,29-33,42-43,49,53H,7,13-14,18,20,28H2,1H3,(H,54,55). The van der Waals surface area contributed by atoms with E-state index in [0.717, 1.165) is 61.4 Å². The molecule has 0 saturated heterocycles. The van der Waals surface area contributed by atoms with E-state index in [1.165, 1.54) is 61.2 Å². The van der Waals surface area contributed by atoms with E-state index < -0.39 is 0 Å². The summed E-state index contributed by atoms with van der Waals surface area (Å²) in [4.78, 5) is 7.89. The lowest BCUT2D eigenvalue weighted by Crippen LogP contribution is -2.37. The molecule has 0 spiro atoms. The molecular weight excluding hydrogens is 709 g/mol. The summed E-state index contributed by atoms with van der Waals surface area (Å²) >= 11 is 0. The van der Waals surface area contributed by atoms with Crippen LogP contribution in [-0.4, -0.2) is 21.4 Å². The van der Waals surface area contributed by atoms with E-state index in [1.807, 2.05) is 0 Å². The van der Waals surface area contributed by atoms with Crippen LogP contribution in [0.3, 0.4) is 0 Å². The molecule has 0 amide bonds. The van der Waals surface area contributed by atoms with Gasteiger partial charge in [0.05, 0.1) is 22.6 Å². The molecule has 5 unspecified atom stereocenters. The van der Waals surface area contributed by atoms with Crippen LogP contribution in [0.5, 0.6) is 0 Å². The normalized spacial score (nSPS) is 26.9. The van der Waals surface area contributed by atoms with E-state index in [9.17, 15) is 0 Å². The van der Waals surface area contributed by atoms with Crippen molar-refractivity contribution in [3.63, 3.8) is 0 Å². The molecule has 5 atom stereocenters. The molecular formula is C53H46N4O. The van der Waals surface area contributed by atoms with Gasteiger partial charge in [-0.2, -0.15) is 0 Å². The van der Waals surface area contributed by atoms with Crippen molar-refractivity contribution in [1.82, 2.24) is 14.8 Å². The lowest BCUT2D eigenvalue weighted by atomic mass is 9.84. The zero-order chi connectivity index (χ0) is 38.3. The van der Waals surface area contributed by atoms with Gasteiger partial charge in [0.2, 0.25) is 0 Å². The maximum Gasteiger partial charge on any atom is 0.166 e. The molecule has 0 saturated carbocycles. The molecule has 5 aliphatic carbocycles. The molecule has 8 aliphatic rings. The van der Waals surface area contributed by atoms with E-state index >= 15 is 0 Å². The largest absolute Gasteiger partial charge is 0.483 e. The minimum absolute atomic E-state index is 0.0594. The summed E-state index contributed by atoms with van der Waals surface area (Å²) in [7, 11) is 0. The van der Waals surface area contributed by atoms with Crippen LogP contribution < -0.4 is 5.32 Å². The van der Waals surface area contributed by atoms with Gasteiger partial charge < -0.3 is 19.5 Å². The van der Waals surface area contributed by atoms with E-state index in [1.54, 1.807) is 5.57 Å². The predicted molar refractivity (Wildman–Crippen MR) is 236 cm³/mol. The molecule has 1 N–H and O–H groups in total. The van der Waals surface area contributed by atoms with Crippen LogP contribution in [0.1, 0.15) is 62.7 Å². The van der Waals surface area contributed by atoms with Crippen molar-refractivity contribution in [2.45, 2.75) is 57.7 Å². The van der Waals surface area contributed by atoms with Crippen molar-refractivity contribution < 1.29 is 4.74 Å². The van der Waals surface area contributed by atoms with Gasteiger partial charge in [-0.1, -0.05) is 116 Å². The molecule has 5 heteroatoms. The predicted octanol–water partition coefficient (Wildman–Crippen LogP) is 12.0. The lowest BCUT2D eigenvalue weighted by Gasteiger charge is -2.32. The number of hydrogen-bond acceptors (Lipinski definition) is 4. The van der Waals surface area contributed by atoms with E-state index in [2.05, 4.69) is 173 Å². The minimum atomic E-state index is -0.260. The number of aromatic nitrogens is 1. The number of benzene rings is 3. The Morgan fingerprint density at radius 1 is 0.776 bits per heavy atom. The van der Waals surface area contributed by atoms with Gasteiger partial charge in [-0.3, -0.25) is 0 Å². The molecule has 4 aromatic rings. The van der Waals surface area contributed by atoms with Crippen molar-refractivity contribution in [2.24, 2.45) is 22.7 Å². The van der Waals surface area contributed by atoms with Gasteiger partial charge in [0, 0.05) is 39.3 Å². The van der Waals surface area contributed by atoms with Crippen LogP contribution in [0.15, 0.2) is 202 Å². The summed E-state index contributed by atoms with van der Waals surface area (Å²) in [6, 6.07) is 26.4. The summed E-state index contributed by atoms with van der Waals surface area (Å²) in [5.41, 5.74) is 15.8. The van der Waals surface area contributed by atoms with Crippen LogP contribution >= 0.6 is 0 Å². The van der Waals surface area contributed by atoms with E-state index in [0.29, 0.717) is 11.8 Å². The fraction of sp³-hybridized carbons (Fsp3) is 0.226. The van der Waals surface area contributed by atoms with Crippen LogP contribution in [0, 0.1) is 17.8 Å². The molecule has 3 aliphatic heterocycles. The fourth-order valence-corrected chi connectivity index (χ4v) is 10.7. The van der Waals surface area contributed by atoms with Crippen molar-refractivity contribution in [1.29, 1.82) is 0 Å².